The standard InChI is InChI=1S/C18H29NO/c1-18-9-2-3-17(18)16-6-4-12-11-13(19-20)5-7-14(12)15(16)8-10-18/h12-17H,2-11H2,1H3. The van der Waals surface area contributed by atoms with Crippen LogP contribution in [0, 0.1) is 39.9 Å². The van der Waals surface area contributed by atoms with Gasteiger partial charge in [-0.25, -0.2) is 0 Å². The van der Waals surface area contributed by atoms with E-state index in [1.807, 2.05) is 0 Å². The molecule has 2 heteroatoms. The summed E-state index contributed by atoms with van der Waals surface area (Å²) in [6.45, 7) is 2.58. The van der Waals surface area contributed by atoms with Gasteiger partial charge in [-0.3, -0.25) is 0 Å². The summed E-state index contributed by atoms with van der Waals surface area (Å²) in [5.41, 5.74) is 0.690. The fourth-order valence-corrected chi connectivity index (χ4v) is 6.92. The molecule has 0 saturated heterocycles. The maximum absolute atomic E-state index is 10.9. The fraction of sp³-hybridized carbons (Fsp3) is 1.00. The van der Waals surface area contributed by atoms with Gasteiger partial charge in [0.05, 0.1) is 6.04 Å². The summed E-state index contributed by atoms with van der Waals surface area (Å²) in [6.07, 6.45) is 13.8. The van der Waals surface area contributed by atoms with Crippen LogP contribution in [0.4, 0.5) is 0 Å². The van der Waals surface area contributed by atoms with Crippen LogP contribution in [0.1, 0.15) is 71.1 Å². The van der Waals surface area contributed by atoms with Gasteiger partial charge in [0, 0.05) is 0 Å². The minimum Gasteiger partial charge on any atom is -0.151 e. The Kier molecular flexibility index (Phi) is 3.19. The molecule has 112 valence electrons. The van der Waals surface area contributed by atoms with E-state index >= 15 is 0 Å². The molecule has 0 bridgehead atoms. The van der Waals surface area contributed by atoms with Crippen molar-refractivity contribution in [3.05, 3.63) is 4.91 Å². The number of rotatable bonds is 1. The van der Waals surface area contributed by atoms with Gasteiger partial charge >= 0.3 is 0 Å². The Balaban J connectivity index is 1.54. The van der Waals surface area contributed by atoms with E-state index in [9.17, 15) is 4.91 Å². The van der Waals surface area contributed by atoms with Gasteiger partial charge in [-0.1, -0.05) is 18.5 Å². The summed E-state index contributed by atoms with van der Waals surface area (Å²) >= 11 is 0. The number of hydrogen-bond donors (Lipinski definition) is 0. The highest BCUT2D eigenvalue weighted by molar-refractivity contribution is 5.03. The second-order valence-corrected chi connectivity index (χ2v) is 8.59. The molecule has 0 aromatic rings. The average Bonchev–Trinajstić information content (AvgIpc) is 2.88. The summed E-state index contributed by atoms with van der Waals surface area (Å²) in [5, 5.41) is 3.36. The van der Waals surface area contributed by atoms with Crippen molar-refractivity contribution in [1.29, 1.82) is 0 Å². The highest BCUT2D eigenvalue weighted by Crippen LogP contribution is 2.62. The second kappa shape index (κ2) is 4.81. The lowest BCUT2D eigenvalue weighted by Gasteiger charge is -2.55. The van der Waals surface area contributed by atoms with Crippen LogP contribution >= 0.6 is 0 Å². The predicted octanol–water partition coefficient (Wildman–Crippen LogP) is 5.16. The Morgan fingerprint density at radius 1 is 0.900 bits per heavy atom. The Morgan fingerprint density at radius 3 is 2.60 bits per heavy atom. The molecule has 0 aromatic carbocycles. The van der Waals surface area contributed by atoms with Crippen molar-refractivity contribution < 1.29 is 0 Å². The minimum absolute atomic E-state index is 0.146. The topological polar surface area (TPSA) is 29.4 Å². The minimum atomic E-state index is 0.146. The van der Waals surface area contributed by atoms with Gasteiger partial charge in [0.1, 0.15) is 0 Å². The number of nitrogens with zero attached hydrogens (tertiary/aromatic N) is 1. The van der Waals surface area contributed by atoms with Crippen LogP contribution in [0.15, 0.2) is 5.18 Å². The van der Waals surface area contributed by atoms with Crippen LogP contribution < -0.4 is 0 Å². The van der Waals surface area contributed by atoms with Crippen LogP contribution in [0.25, 0.3) is 0 Å². The lowest BCUT2D eigenvalue weighted by molar-refractivity contribution is -0.0513. The first-order valence-corrected chi connectivity index (χ1v) is 9.04. The first-order chi connectivity index (χ1) is 9.71. The third kappa shape index (κ3) is 1.89. The van der Waals surface area contributed by atoms with Gasteiger partial charge in [-0.15, -0.1) is 0 Å². The fourth-order valence-electron chi connectivity index (χ4n) is 6.92. The van der Waals surface area contributed by atoms with Crippen LogP contribution in [-0.4, -0.2) is 6.04 Å². The molecule has 20 heavy (non-hydrogen) atoms. The third-order valence-corrected chi connectivity index (χ3v) is 7.86. The normalized spacial score (nSPS) is 54.6. The first-order valence-electron chi connectivity index (χ1n) is 9.04. The van der Waals surface area contributed by atoms with Crippen LogP contribution in [-0.2, 0) is 0 Å². The SMILES string of the molecule is CC12CCCC1C1CCC3CC(N=O)CCC3C1CC2. The van der Waals surface area contributed by atoms with Crippen molar-refractivity contribution in [3.63, 3.8) is 0 Å². The summed E-state index contributed by atoms with van der Waals surface area (Å²) in [4.78, 5) is 10.9. The Hall–Kier alpha value is -0.400. The molecule has 4 fully saturated rings. The van der Waals surface area contributed by atoms with Gasteiger partial charge < -0.3 is 0 Å². The van der Waals surface area contributed by atoms with Crippen molar-refractivity contribution in [2.75, 3.05) is 0 Å². The van der Waals surface area contributed by atoms with Gasteiger partial charge in [0.15, 0.2) is 0 Å². The van der Waals surface area contributed by atoms with Crippen molar-refractivity contribution >= 4 is 0 Å². The summed E-state index contributed by atoms with van der Waals surface area (Å²) in [6, 6.07) is 0.146. The maximum Gasteiger partial charge on any atom is 0.0922 e. The monoisotopic (exact) mass is 275 g/mol. The van der Waals surface area contributed by atoms with Crippen LogP contribution in [0.5, 0.6) is 0 Å². The molecule has 0 amide bonds. The quantitative estimate of drug-likeness (QED) is 0.607. The molecule has 0 radical (unpaired) electrons. The van der Waals surface area contributed by atoms with Crippen molar-refractivity contribution in [2.24, 2.45) is 40.2 Å². The summed E-state index contributed by atoms with van der Waals surface area (Å²) < 4.78 is 0. The highest BCUT2D eigenvalue weighted by Gasteiger charge is 2.53. The summed E-state index contributed by atoms with van der Waals surface area (Å²) in [7, 11) is 0. The molecular formula is C18H29NO. The number of hydrogen-bond acceptors (Lipinski definition) is 2. The lowest BCUT2D eigenvalue weighted by Crippen LogP contribution is -2.47. The Morgan fingerprint density at radius 2 is 1.75 bits per heavy atom. The van der Waals surface area contributed by atoms with E-state index in [1.54, 1.807) is 0 Å². The van der Waals surface area contributed by atoms with Gasteiger partial charge in [0.25, 0.3) is 0 Å². The smallest absolute Gasteiger partial charge is 0.0922 e. The molecule has 0 aromatic heterocycles. The molecule has 0 heterocycles. The zero-order valence-electron chi connectivity index (χ0n) is 12.9. The van der Waals surface area contributed by atoms with E-state index in [-0.39, 0.29) is 6.04 Å². The van der Waals surface area contributed by atoms with Crippen molar-refractivity contribution in [3.8, 4) is 0 Å². The summed E-state index contributed by atoms with van der Waals surface area (Å²) in [5.74, 6) is 4.83. The van der Waals surface area contributed by atoms with Gasteiger partial charge in [0.2, 0.25) is 0 Å². The van der Waals surface area contributed by atoms with Crippen molar-refractivity contribution in [1.82, 2.24) is 0 Å². The predicted molar refractivity (Wildman–Crippen MR) is 81.3 cm³/mol. The molecule has 0 aliphatic heterocycles. The zero-order valence-corrected chi connectivity index (χ0v) is 12.9. The Labute approximate surface area is 123 Å². The lowest BCUT2D eigenvalue weighted by atomic mass is 9.50. The third-order valence-electron chi connectivity index (χ3n) is 7.86. The molecule has 4 saturated carbocycles. The molecule has 4 aliphatic rings. The van der Waals surface area contributed by atoms with E-state index in [0.717, 1.165) is 42.4 Å². The van der Waals surface area contributed by atoms with E-state index < -0.39 is 0 Å². The Bertz CT molecular complexity index is 395. The molecule has 0 N–H and O–H groups in total. The van der Waals surface area contributed by atoms with Crippen LogP contribution in [0.3, 0.4) is 0 Å². The van der Waals surface area contributed by atoms with E-state index in [2.05, 4.69) is 12.1 Å². The molecule has 2 nitrogen and oxygen atoms in total. The van der Waals surface area contributed by atoms with Gasteiger partial charge in [-0.05, 0) is 92.8 Å². The molecule has 0 spiro atoms. The molecule has 7 atom stereocenters. The first kappa shape index (κ1) is 13.3. The molecule has 7 unspecified atom stereocenters. The molecule has 4 rings (SSSR count). The van der Waals surface area contributed by atoms with E-state index in [1.165, 1.54) is 51.4 Å². The second-order valence-electron chi connectivity index (χ2n) is 8.59. The molecular weight excluding hydrogens is 246 g/mol. The largest absolute Gasteiger partial charge is 0.151 e. The van der Waals surface area contributed by atoms with Gasteiger partial charge in [-0.2, -0.15) is 4.91 Å². The van der Waals surface area contributed by atoms with Crippen molar-refractivity contribution in [2.45, 2.75) is 77.2 Å². The molecule has 4 aliphatic carbocycles. The van der Waals surface area contributed by atoms with Crippen LogP contribution in [0.2, 0.25) is 0 Å². The maximum atomic E-state index is 10.9. The number of fused-ring (bicyclic) bond motifs is 5. The van der Waals surface area contributed by atoms with E-state index in [4.69, 9.17) is 0 Å². The zero-order chi connectivity index (χ0) is 13.7. The number of nitroso groups, excluding NO2 is 1. The highest BCUT2D eigenvalue weighted by atomic mass is 16.3. The average molecular weight is 275 g/mol. The van der Waals surface area contributed by atoms with E-state index in [0.29, 0.717) is 5.41 Å².